The van der Waals surface area contributed by atoms with Crippen LogP contribution in [0.3, 0.4) is 0 Å². The van der Waals surface area contributed by atoms with Crippen molar-refractivity contribution in [3.63, 3.8) is 0 Å². The lowest BCUT2D eigenvalue weighted by molar-refractivity contribution is 0.355. The fourth-order valence-corrected chi connectivity index (χ4v) is 2.47. The molecule has 1 aliphatic rings. The standard InChI is InChI=1S/C18H20N2O3.3C2H6/c1-18(19)7-4-12(5-8-18)23-15-6-9-20-14-11-17(22-3)16(21-2)10-13(14)15;3*1-2/h4-7,9-11H,8,19H2,1-3H3;3*1-2H3. The van der Waals surface area contributed by atoms with Gasteiger partial charge < -0.3 is 19.9 Å². The predicted octanol–water partition coefficient (Wildman–Crippen LogP) is 6.27. The molecule has 1 atom stereocenters. The third-order valence-corrected chi connectivity index (χ3v) is 3.81. The molecule has 1 heterocycles. The molecule has 0 fully saturated rings. The quantitative estimate of drug-likeness (QED) is 0.653. The molecule has 2 aromatic rings. The molecule has 0 saturated carbocycles. The first-order valence-corrected chi connectivity index (χ1v) is 10.4. The minimum Gasteiger partial charge on any atom is -0.493 e. The number of hydrogen-bond donors (Lipinski definition) is 1. The molecule has 1 aliphatic carbocycles. The Bertz CT molecular complexity index is 796. The highest BCUT2D eigenvalue weighted by molar-refractivity contribution is 5.88. The Kier molecular flexibility index (Phi) is 12.4. The van der Waals surface area contributed by atoms with Crippen molar-refractivity contribution in [2.45, 2.75) is 60.4 Å². The number of aromatic nitrogens is 1. The summed E-state index contributed by atoms with van der Waals surface area (Å²) in [4.78, 5) is 4.37. The van der Waals surface area contributed by atoms with E-state index in [4.69, 9.17) is 19.9 Å². The summed E-state index contributed by atoms with van der Waals surface area (Å²) in [7, 11) is 3.21. The number of rotatable bonds is 4. The van der Waals surface area contributed by atoms with E-state index in [0.29, 0.717) is 17.2 Å². The second kappa shape index (κ2) is 13.6. The van der Waals surface area contributed by atoms with E-state index < -0.39 is 0 Å². The fraction of sp³-hybridized carbons (Fsp3) is 0.458. The van der Waals surface area contributed by atoms with Crippen LogP contribution in [0.15, 0.2) is 48.4 Å². The number of benzene rings is 1. The van der Waals surface area contributed by atoms with Crippen LogP contribution in [0.2, 0.25) is 0 Å². The Hall–Kier alpha value is -2.53. The number of allylic oxidation sites excluding steroid dienone is 1. The maximum Gasteiger partial charge on any atom is 0.162 e. The van der Waals surface area contributed by atoms with Crippen LogP contribution in [0.1, 0.15) is 54.9 Å². The van der Waals surface area contributed by atoms with Crippen molar-refractivity contribution >= 4 is 10.9 Å². The Morgan fingerprint density at radius 2 is 1.52 bits per heavy atom. The molecule has 0 bridgehead atoms. The average Bonchev–Trinajstić information content (AvgIpc) is 2.78. The van der Waals surface area contributed by atoms with Gasteiger partial charge in [0.1, 0.15) is 11.5 Å². The Morgan fingerprint density at radius 1 is 0.931 bits per heavy atom. The van der Waals surface area contributed by atoms with Crippen LogP contribution >= 0.6 is 0 Å². The summed E-state index contributed by atoms with van der Waals surface area (Å²) >= 11 is 0. The van der Waals surface area contributed by atoms with Crippen LogP contribution in [0, 0.1) is 0 Å². The third kappa shape index (κ3) is 7.42. The number of fused-ring (bicyclic) bond motifs is 1. The third-order valence-electron chi connectivity index (χ3n) is 3.81. The van der Waals surface area contributed by atoms with Crippen LogP contribution in [-0.2, 0) is 0 Å². The lowest BCUT2D eigenvalue weighted by atomic mass is 9.94. The largest absolute Gasteiger partial charge is 0.493 e. The molecule has 1 aromatic heterocycles. The molecule has 0 spiro atoms. The first-order valence-electron chi connectivity index (χ1n) is 10.4. The van der Waals surface area contributed by atoms with Gasteiger partial charge in [-0.2, -0.15) is 0 Å². The number of methoxy groups -OCH3 is 2. The van der Waals surface area contributed by atoms with Gasteiger partial charge in [-0.05, 0) is 37.6 Å². The van der Waals surface area contributed by atoms with E-state index in [1.807, 2.05) is 84.9 Å². The van der Waals surface area contributed by atoms with Crippen LogP contribution in [0.4, 0.5) is 0 Å². The van der Waals surface area contributed by atoms with Gasteiger partial charge in [0.2, 0.25) is 0 Å². The minimum atomic E-state index is -0.316. The highest BCUT2D eigenvalue weighted by Gasteiger charge is 2.18. The fourth-order valence-electron chi connectivity index (χ4n) is 2.47. The summed E-state index contributed by atoms with van der Waals surface area (Å²) in [5, 5.41) is 0.862. The molecule has 5 heteroatoms. The lowest BCUT2D eigenvalue weighted by Crippen LogP contribution is -2.34. The Labute approximate surface area is 176 Å². The van der Waals surface area contributed by atoms with Crippen LogP contribution < -0.4 is 19.9 Å². The van der Waals surface area contributed by atoms with Gasteiger partial charge in [-0.15, -0.1) is 0 Å². The Balaban J connectivity index is 0.00000120. The first kappa shape index (κ1) is 26.5. The van der Waals surface area contributed by atoms with E-state index in [1.165, 1.54) is 0 Å². The van der Waals surface area contributed by atoms with Gasteiger partial charge in [0, 0.05) is 23.2 Å². The van der Waals surface area contributed by atoms with Crippen molar-refractivity contribution in [3.8, 4) is 17.2 Å². The van der Waals surface area contributed by atoms with E-state index >= 15 is 0 Å². The number of nitrogens with two attached hydrogens (primary N) is 1. The SMILES string of the molecule is CC.CC.CC.COc1cc2nccc(OC3=CCC(C)(N)C=C3)c2cc1OC. The highest BCUT2D eigenvalue weighted by atomic mass is 16.5. The molecular weight excluding hydrogens is 364 g/mol. The van der Waals surface area contributed by atoms with E-state index in [1.54, 1.807) is 20.4 Å². The number of pyridine rings is 1. The average molecular weight is 403 g/mol. The van der Waals surface area contributed by atoms with E-state index in [-0.39, 0.29) is 5.54 Å². The van der Waals surface area contributed by atoms with Gasteiger partial charge in [-0.25, -0.2) is 0 Å². The normalized spacial score (nSPS) is 16.7. The number of hydrogen-bond acceptors (Lipinski definition) is 5. The highest BCUT2D eigenvalue weighted by Crippen LogP contribution is 2.36. The van der Waals surface area contributed by atoms with Crippen LogP contribution in [0.5, 0.6) is 17.2 Å². The summed E-state index contributed by atoms with van der Waals surface area (Å²) in [5.41, 5.74) is 6.53. The smallest absolute Gasteiger partial charge is 0.162 e. The molecule has 0 radical (unpaired) electrons. The van der Waals surface area contributed by atoms with Gasteiger partial charge in [0.05, 0.1) is 19.7 Å². The molecule has 0 amide bonds. The molecule has 29 heavy (non-hydrogen) atoms. The molecule has 3 rings (SSSR count). The zero-order chi connectivity index (χ0) is 22.4. The van der Waals surface area contributed by atoms with Crippen molar-refractivity contribution in [1.29, 1.82) is 0 Å². The lowest BCUT2D eigenvalue weighted by Gasteiger charge is -2.22. The van der Waals surface area contributed by atoms with E-state index in [9.17, 15) is 0 Å². The maximum atomic E-state index is 6.07. The van der Waals surface area contributed by atoms with Crippen molar-refractivity contribution in [2.75, 3.05) is 14.2 Å². The second-order valence-corrected chi connectivity index (χ2v) is 5.79. The molecule has 0 aliphatic heterocycles. The van der Waals surface area contributed by atoms with Crippen LogP contribution in [-0.4, -0.2) is 24.7 Å². The van der Waals surface area contributed by atoms with Gasteiger partial charge in [0.25, 0.3) is 0 Å². The zero-order valence-corrected chi connectivity index (χ0v) is 19.5. The van der Waals surface area contributed by atoms with Crippen molar-refractivity contribution in [3.05, 3.63) is 48.4 Å². The molecule has 162 valence electrons. The summed E-state index contributed by atoms with van der Waals surface area (Å²) < 4.78 is 16.7. The monoisotopic (exact) mass is 402 g/mol. The predicted molar refractivity (Wildman–Crippen MR) is 124 cm³/mol. The van der Waals surface area contributed by atoms with Crippen molar-refractivity contribution in [2.24, 2.45) is 5.73 Å². The summed E-state index contributed by atoms with van der Waals surface area (Å²) in [6.07, 6.45) is 8.29. The summed E-state index contributed by atoms with van der Waals surface area (Å²) in [5.74, 6) is 2.77. The van der Waals surface area contributed by atoms with Gasteiger partial charge in [-0.3, -0.25) is 4.98 Å². The molecule has 1 unspecified atom stereocenters. The van der Waals surface area contributed by atoms with Crippen molar-refractivity contribution < 1.29 is 14.2 Å². The first-order chi connectivity index (χ1) is 14.0. The van der Waals surface area contributed by atoms with Gasteiger partial charge >= 0.3 is 0 Å². The second-order valence-electron chi connectivity index (χ2n) is 5.79. The van der Waals surface area contributed by atoms with E-state index in [0.717, 1.165) is 23.1 Å². The molecule has 5 nitrogen and oxygen atoms in total. The maximum absolute atomic E-state index is 6.07. The summed E-state index contributed by atoms with van der Waals surface area (Å²) in [6.45, 7) is 14.0. The Morgan fingerprint density at radius 3 is 2.03 bits per heavy atom. The topological polar surface area (TPSA) is 66.6 Å². The number of ether oxygens (including phenoxy) is 3. The number of nitrogens with zero attached hydrogens (tertiary/aromatic N) is 1. The van der Waals surface area contributed by atoms with Crippen LogP contribution in [0.25, 0.3) is 10.9 Å². The zero-order valence-electron chi connectivity index (χ0n) is 19.5. The molecule has 0 saturated heterocycles. The van der Waals surface area contributed by atoms with Crippen molar-refractivity contribution in [1.82, 2.24) is 4.98 Å². The molecule has 1 aromatic carbocycles. The van der Waals surface area contributed by atoms with E-state index in [2.05, 4.69) is 4.98 Å². The molecular formula is C24H38N2O3. The summed E-state index contributed by atoms with van der Waals surface area (Å²) in [6, 6.07) is 5.54. The molecule has 2 N–H and O–H groups in total. The van der Waals surface area contributed by atoms with Gasteiger partial charge in [0.15, 0.2) is 11.5 Å². The minimum absolute atomic E-state index is 0.316. The van der Waals surface area contributed by atoms with Gasteiger partial charge in [-0.1, -0.05) is 47.6 Å².